The minimum atomic E-state index is -0.117. The van der Waals surface area contributed by atoms with Crippen LogP contribution in [-0.4, -0.2) is 15.3 Å². The molecule has 1 aliphatic carbocycles. The summed E-state index contributed by atoms with van der Waals surface area (Å²) in [5, 5.41) is 1.81. The number of aromatic amines is 2. The first-order valence-corrected chi connectivity index (χ1v) is 6.11. The van der Waals surface area contributed by atoms with Gasteiger partial charge in [-0.25, -0.2) is 0 Å². The quantitative estimate of drug-likeness (QED) is 0.489. The van der Waals surface area contributed by atoms with Gasteiger partial charge in [0.1, 0.15) is 0 Å². The fraction of sp³-hybridized carbons (Fsp3) is 0.154. The van der Waals surface area contributed by atoms with Crippen molar-refractivity contribution in [1.29, 1.82) is 0 Å². The van der Waals surface area contributed by atoms with Crippen LogP contribution in [0.5, 0.6) is 0 Å². The Morgan fingerprint density at radius 1 is 1.29 bits per heavy atom. The molecule has 0 spiro atoms. The van der Waals surface area contributed by atoms with Gasteiger partial charge in [-0.2, -0.15) is 0 Å². The molecular formula is C13H13ClN2S. The predicted octanol–water partition coefficient (Wildman–Crippen LogP) is 2.17. The van der Waals surface area contributed by atoms with E-state index >= 15 is 0 Å². The number of allylic oxidation sites excluding steroid dienone is 4. The van der Waals surface area contributed by atoms with Crippen LogP contribution < -0.4 is 10.7 Å². The van der Waals surface area contributed by atoms with E-state index < -0.39 is 0 Å². The van der Waals surface area contributed by atoms with Crippen LogP contribution in [0.2, 0.25) is 0 Å². The van der Waals surface area contributed by atoms with Gasteiger partial charge in [0.25, 0.3) is 0 Å². The molecule has 0 fully saturated rings. The molecule has 0 bridgehead atoms. The molecule has 88 valence electrons. The Balaban J connectivity index is 2.57. The Morgan fingerprint density at radius 3 is 2.53 bits per heavy atom. The van der Waals surface area contributed by atoms with Crippen LogP contribution in [0.3, 0.4) is 0 Å². The lowest BCUT2D eigenvalue weighted by atomic mass is 9.91. The molecule has 0 radical (unpaired) electrons. The Bertz CT molecular complexity index is 648. The van der Waals surface area contributed by atoms with Crippen molar-refractivity contribution in [1.82, 2.24) is 9.97 Å². The fourth-order valence-electron chi connectivity index (χ4n) is 1.94. The van der Waals surface area contributed by atoms with Gasteiger partial charge in [-0.05, 0) is 29.9 Å². The second-order valence-corrected chi connectivity index (χ2v) is 4.73. The number of halogens is 1. The number of H-pyrrole nitrogens is 2. The molecule has 0 aliphatic heterocycles. The second kappa shape index (κ2) is 4.90. The molecule has 1 aliphatic rings. The Morgan fingerprint density at radius 2 is 1.94 bits per heavy atom. The van der Waals surface area contributed by atoms with Gasteiger partial charge in [0.2, 0.25) is 0 Å². The molecule has 1 heterocycles. The van der Waals surface area contributed by atoms with Crippen molar-refractivity contribution in [2.75, 3.05) is 0 Å². The summed E-state index contributed by atoms with van der Waals surface area (Å²) >= 11 is 11.4. The Labute approximate surface area is 110 Å². The van der Waals surface area contributed by atoms with E-state index in [1.165, 1.54) is 0 Å². The summed E-state index contributed by atoms with van der Waals surface area (Å²) in [4.78, 5) is 6.15. The molecule has 2 N–H and O–H groups in total. The molecular weight excluding hydrogens is 252 g/mol. The maximum absolute atomic E-state index is 6.35. The van der Waals surface area contributed by atoms with Gasteiger partial charge >= 0.3 is 0 Å². The molecule has 17 heavy (non-hydrogen) atoms. The van der Waals surface area contributed by atoms with Crippen molar-refractivity contribution < 1.29 is 0 Å². The van der Waals surface area contributed by atoms with E-state index in [9.17, 15) is 0 Å². The minimum absolute atomic E-state index is 0.0844. The van der Waals surface area contributed by atoms with Crippen molar-refractivity contribution in [2.24, 2.45) is 5.92 Å². The maximum Gasteiger partial charge on any atom is 0.175 e. The molecule has 0 aromatic carbocycles. The molecule has 1 aromatic rings. The van der Waals surface area contributed by atoms with E-state index in [1.54, 1.807) is 12.2 Å². The molecule has 2 rings (SSSR count). The van der Waals surface area contributed by atoms with E-state index in [-0.39, 0.29) is 11.3 Å². The summed E-state index contributed by atoms with van der Waals surface area (Å²) in [5.41, 5.74) is 1.04. The van der Waals surface area contributed by atoms with Crippen LogP contribution in [0.1, 0.15) is 0 Å². The van der Waals surface area contributed by atoms with E-state index in [0.717, 1.165) is 16.3 Å². The summed E-state index contributed by atoms with van der Waals surface area (Å²) in [6, 6.07) is 0. The number of hydrogen-bond acceptors (Lipinski definition) is 1. The third kappa shape index (κ3) is 2.35. The van der Waals surface area contributed by atoms with Crippen LogP contribution in [0.4, 0.5) is 0 Å². The highest BCUT2D eigenvalue weighted by atomic mass is 35.5. The van der Waals surface area contributed by atoms with E-state index in [0.29, 0.717) is 4.77 Å². The maximum atomic E-state index is 6.35. The lowest BCUT2D eigenvalue weighted by Gasteiger charge is -2.19. The topological polar surface area (TPSA) is 31.6 Å². The van der Waals surface area contributed by atoms with Gasteiger partial charge in [0.15, 0.2) is 4.77 Å². The second-order valence-electron chi connectivity index (χ2n) is 3.82. The third-order valence-electron chi connectivity index (χ3n) is 2.73. The van der Waals surface area contributed by atoms with E-state index in [4.69, 9.17) is 23.8 Å². The molecule has 2 nitrogen and oxygen atoms in total. The van der Waals surface area contributed by atoms with E-state index in [2.05, 4.69) is 29.2 Å². The average molecular weight is 265 g/mol. The number of fused-ring (bicyclic) bond motifs is 1. The van der Waals surface area contributed by atoms with E-state index in [1.807, 2.05) is 12.2 Å². The van der Waals surface area contributed by atoms with Crippen LogP contribution in [-0.2, 0) is 0 Å². The number of alkyl halides is 1. The number of imidazole rings is 1. The SMILES string of the molecule is C=C/C=C(\C=C)C1C=c2[nH]c(=S)[nH]c2=CC1Cl. The molecule has 2 atom stereocenters. The van der Waals surface area contributed by atoms with Crippen LogP contribution >= 0.6 is 23.8 Å². The van der Waals surface area contributed by atoms with Gasteiger partial charge in [0.05, 0.1) is 16.1 Å². The first-order valence-electron chi connectivity index (χ1n) is 5.27. The van der Waals surface area contributed by atoms with Gasteiger partial charge in [-0.15, -0.1) is 11.6 Å². The van der Waals surface area contributed by atoms with Crippen molar-refractivity contribution in [2.45, 2.75) is 5.38 Å². The lowest BCUT2D eigenvalue weighted by molar-refractivity contribution is 0.855. The highest BCUT2D eigenvalue weighted by Crippen LogP contribution is 2.24. The van der Waals surface area contributed by atoms with Crippen molar-refractivity contribution in [3.05, 3.63) is 52.4 Å². The lowest BCUT2D eigenvalue weighted by Crippen LogP contribution is -2.34. The summed E-state index contributed by atoms with van der Waals surface area (Å²) in [5.74, 6) is 0.0844. The van der Waals surface area contributed by atoms with Crippen molar-refractivity contribution >= 4 is 36.0 Å². The smallest absolute Gasteiger partial charge is 0.175 e. The van der Waals surface area contributed by atoms with Gasteiger partial charge in [-0.1, -0.05) is 31.4 Å². The normalized spacial score (nSPS) is 23.2. The number of aromatic nitrogens is 2. The zero-order valence-corrected chi connectivity index (χ0v) is 10.8. The van der Waals surface area contributed by atoms with Crippen molar-refractivity contribution in [3.8, 4) is 0 Å². The summed E-state index contributed by atoms with van der Waals surface area (Å²) in [7, 11) is 0. The van der Waals surface area contributed by atoms with Crippen molar-refractivity contribution in [3.63, 3.8) is 0 Å². The van der Waals surface area contributed by atoms with Crippen LogP contribution in [0, 0.1) is 10.7 Å². The Hall–Kier alpha value is -1.32. The molecule has 4 heteroatoms. The minimum Gasteiger partial charge on any atom is -0.331 e. The van der Waals surface area contributed by atoms with Gasteiger partial charge in [0, 0.05) is 5.92 Å². The third-order valence-corrected chi connectivity index (χ3v) is 3.33. The number of rotatable bonds is 3. The highest BCUT2D eigenvalue weighted by molar-refractivity contribution is 7.71. The number of hydrogen-bond donors (Lipinski definition) is 2. The van der Waals surface area contributed by atoms with Gasteiger partial charge < -0.3 is 9.97 Å². The highest BCUT2D eigenvalue weighted by Gasteiger charge is 2.20. The zero-order chi connectivity index (χ0) is 12.4. The average Bonchev–Trinajstić information content (AvgIpc) is 2.64. The fourth-order valence-corrected chi connectivity index (χ4v) is 2.50. The first-order chi connectivity index (χ1) is 8.15. The first kappa shape index (κ1) is 12.1. The monoisotopic (exact) mass is 264 g/mol. The standard InChI is InChI=1S/C13H13ClN2S/c1-3-5-8(4-2)9-6-11-12(7-10(9)14)16-13(17)15-11/h3-7,9-10H,1-2H2,(H2,15,16,17)/b8-5+. The molecule has 0 saturated heterocycles. The molecule has 1 aromatic heterocycles. The zero-order valence-electron chi connectivity index (χ0n) is 9.24. The summed E-state index contributed by atoms with van der Waals surface area (Å²) in [6.07, 6.45) is 9.50. The Kier molecular flexibility index (Phi) is 3.50. The summed E-state index contributed by atoms with van der Waals surface area (Å²) < 4.78 is 0.611. The largest absolute Gasteiger partial charge is 0.331 e. The van der Waals surface area contributed by atoms with Gasteiger partial charge in [-0.3, -0.25) is 0 Å². The molecule has 0 amide bonds. The summed E-state index contributed by atoms with van der Waals surface area (Å²) in [6.45, 7) is 7.50. The number of nitrogens with one attached hydrogen (secondary N) is 2. The molecule has 2 unspecified atom stereocenters. The van der Waals surface area contributed by atoms with Crippen LogP contribution in [0.25, 0.3) is 12.2 Å². The predicted molar refractivity (Wildman–Crippen MR) is 75.8 cm³/mol. The molecule has 0 saturated carbocycles. The van der Waals surface area contributed by atoms with Crippen LogP contribution in [0.15, 0.2) is 37.0 Å².